The summed E-state index contributed by atoms with van der Waals surface area (Å²) in [5.41, 5.74) is 0.984. The number of aromatic hydroxyl groups is 1. The van der Waals surface area contributed by atoms with Crippen molar-refractivity contribution in [3.05, 3.63) is 69.5 Å². The van der Waals surface area contributed by atoms with Gasteiger partial charge in [0.15, 0.2) is 0 Å². The molecule has 6 heteroatoms. The Labute approximate surface area is 120 Å². The van der Waals surface area contributed by atoms with E-state index in [0.29, 0.717) is 13.0 Å². The third-order valence-electron chi connectivity index (χ3n) is 2.87. The van der Waals surface area contributed by atoms with Gasteiger partial charge >= 0.3 is 0 Å². The minimum atomic E-state index is -0.538. The quantitative estimate of drug-likeness (QED) is 0.522. The van der Waals surface area contributed by atoms with Gasteiger partial charge < -0.3 is 5.11 Å². The summed E-state index contributed by atoms with van der Waals surface area (Å²) in [6.45, 7) is 0.394. The SMILES string of the molecule is O=[N+]([O-])c1ccc(O)c(C=NCCc2cccc(F)c2)c1. The Morgan fingerprint density at radius 1 is 1.29 bits per heavy atom. The van der Waals surface area contributed by atoms with Gasteiger partial charge in [-0.3, -0.25) is 15.1 Å². The largest absolute Gasteiger partial charge is 0.507 e. The molecule has 21 heavy (non-hydrogen) atoms. The molecule has 1 N–H and O–H groups in total. The molecule has 2 aromatic carbocycles. The van der Waals surface area contributed by atoms with Gasteiger partial charge in [0.2, 0.25) is 0 Å². The first-order valence-corrected chi connectivity index (χ1v) is 6.28. The van der Waals surface area contributed by atoms with Gasteiger partial charge in [0.1, 0.15) is 11.6 Å². The van der Waals surface area contributed by atoms with Crippen molar-refractivity contribution in [1.29, 1.82) is 0 Å². The minimum absolute atomic E-state index is 0.0740. The summed E-state index contributed by atoms with van der Waals surface area (Å²) in [7, 11) is 0. The van der Waals surface area contributed by atoms with E-state index >= 15 is 0 Å². The Bertz CT molecular complexity index is 686. The summed E-state index contributed by atoms with van der Waals surface area (Å²) in [5, 5.41) is 20.3. The van der Waals surface area contributed by atoms with Crippen LogP contribution in [-0.2, 0) is 6.42 Å². The number of rotatable bonds is 5. The van der Waals surface area contributed by atoms with Crippen LogP contribution in [0.4, 0.5) is 10.1 Å². The molecule has 0 unspecified atom stereocenters. The van der Waals surface area contributed by atoms with Crippen LogP contribution in [0.5, 0.6) is 5.75 Å². The molecule has 0 radical (unpaired) electrons. The first-order chi connectivity index (χ1) is 10.1. The molecule has 0 atom stereocenters. The van der Waals surface area contributed by atoms with Gasteiger partial charge in [-0.05, 0) is 30.2 Å². The van der Waals surface area contributed by atoms with E-state index in [9.17, 15) is 19.6 Å². The number of benzene rings is 2. The van der Waals surface area contributed by atoms with Crippen molar-refractivity contribution >= 4 is 11.9 Å². The highest BCUT2D eigenvalue weighted by Gasteiger charge is 2.08. The van der Waals surface area contributed by atoms with Crippen LogP contribution in [0.3, 0.4) is 0 Å². The van der Waals surface area contributed by atoms with Gasteiger partial charge in [-0.15, -0.1) is 0 Å². The summed E-state index contributed by atoms with van der Waals surface area (Å²) in [4.78, 5) is 14.2. The van der Waals surface area contributed by atoms with E-state index in [4.69, 9.17) is 0 Å². The van der Waals surface area contributed by atoms with E-state index in [1.165, 1.54) is 36.5 Å². The van der Waals surface area contributed by atoms with E-state index in [0.717, 1.165) is 5.56 Å². The summed E-state index contributed by atoms with van der Waals surface area (Å²) in [6, 6.07) is 9.95. The maximum Gasteiger partial charge on any atom is 0.270 e. The lowest BCUT2D eigenvalue weighted by Crippen LogP contribution is -1.93. The number of hydrogen-bond acceptors (Lipinski definition) is 4. The molecule has 0 saturated carbocycles. The molecule has 2 aromatic rings. The van der Waals surface area contributed by atoms with Gasteiger partial charge in [0.05, 0.1) is 4.92 Å². The summed E-state index contributed by atoms with van der Waals surface area (Å²) in [6.07, 6.45) is 1.92. The maximum absolute atomic E-state index is 13.0. The van der Waals surface area contributed by atoms with Crippen molar-refractivity contribution in [2.75, 3.05) is 6.54 Å². The van der Waals surface area contributed by atoms with E-state index < -0.39 is 4.92 Å². The van der Waals surface area contributed by atoms with Crippen LogP contribution in [-0.4, -0.2) is 22.8 Å². The summed E-state index contributed by atoms with van der Waals surface area (Å²) < 4.78 is 13.0. The zero-order valence-corrected chi connectivity index (χ0v) is 11.1. The fraction of sp³-hybridized carbons (Fsp3) is 0.133. The van der Waals surface area contributed by atoms with Gasteiger partial charge in [-0.2, -0.15) is 0 Å². The maximum atomic E-state index is 13.0. The Morgan fingerprint density at radius 2 is 2.10 bits per heavy atom. The highest BCUT2D eigenvalue weighted by molar-refractivity contribution is 5.84. The predicted octanol–water partition coefficient (Wildman–Crippen LogP) is 3.10. The van der Waals surface area contributed by atoms with Crippen molar-refractivity contribution in [1.82, 2.24) is 0 Å². The lowest BCUT2D eigenvalue weighted by atomic mass is 10.1. The third kappa shape index (κ3) is 4.10. The van der Waals surface area contributed by atoms with Gasteiger partial charge in [-0.1, -0.05) is 12.1 Å². The number of nitro benzene ring substituents is 1. The number of non-ortho nitro benzene ring substituents is 1. The average Bonchev–Trinajstić information content (AvgIpc) is 2.45. The number of hydrogen-bond donors (Lipinski definition) is 1. The zero-order chi connectivity index (χ0) is 15.2. The third-order valence-corrected chi connectivity index (χ3v) is 2.87. The number of phenols is 1. The molecule has 0 spiro atoms. The molecule has 2 rings (SSSR count). The monoisotopic (exact) mass is 288 g/mol. The summed E-state index contributed by atoms with van der Waals surface area (Å²) >= 11 is 0. The van der Waals surface area contributed by atoms with Crippen LogP contribution >= 0.6 is 0 Å². The van der Waals surface area contributed by atoms with E-state index in [-0.39, 0.29) is 22.8 Å². The lowest BCUT2D eigenvalue weighted by Gasteiger charge is -2.00. The van der Waals surface area contributed by atoms with Crippen molar-refractivity contribution in [3.8, 4) is 5.75 Å². The van der Waals surface area contributed by atoms with Crippen LogP contribution < -0.4 is 0 Å². The zero-order valence-electron chi connectivity index (χ0n) is 11.1. The second-order valence-electron chi connectivity index (χ2n) is 4.42. The summed E-state index contributed by atoms with van der Waals surface area (Å²) in [5.74, 6) is -0.372. The second kappa shape index (κ2) is 6.60. The number of phenolic OH excluding ortho intramolecular Hbond substituents is 1. The van der Waals surface area contributed by atoms with Gasteiger partial charge in [-0.25, -0.2) is 4.39 Å². The normalized spacial score (nSPS) is 10.9. The topological polar surface area (TPSA) is 75.7 Å². The first-order valence-electron chi connectivity index (χ1n) is 6.28. The number of nitrogens with zero attached hydrogens (tertiary/aromatic N) is 2. The molecule has 0 fully saturated rings. The van der Waals surface area contributed by atoms with Crippen molar-refractivity contribution in [2.24, 2.45) is 4.99 Å². The average molecular weight is 288 g/mol. The molecule has 0 aliphatic carbocycles. The van der Waals surface area contributed by atoms with Crippen LogP contribution in [0, 0.1) is 15.9 Å². The second-order valence-corrected chi connectivity index (χ2v) is 4.42. The molecule has 0 heterocycles. The smallest absolute Gasteiger partial charge is 0.270 e. The van der Waals surface area contributed by atoms with Crippen LogP contribution in [0.1, 0.15) is 11.1 Å². The fourth-order valence-electron chi connectivity index (χ4n) is 1.81. The Kier molecular flexibility index (Phi) is 4.61. The van der Waals surface area contributed by atoms with E-state index in [1.54, 1.807) is 12.1 Å². The van der Waals surface area contributed by atoms with Crippen LogP contribution in [0.2, 0.25) is 0 Å². The van der Waals surface area contributed by atoms with Gasteiger partial charge in [0, 0.05) is 30.5 Å². The van der Waals surface area contributed by atoms with Gasteiger partial charge in [0.25, 0.3) is 5.69 Å². The Morgan fingerprint density at radius 3 is 2.81 bits per heavy atom. The molecule has 0 saturated heterocycles. The molecule has 0 bridgehead atoms. The molecule has 5 nitrogen and oxygen atoms in total. The van der Waals surface area contributed by atoms with E-state index in [1.807, 2.05) is 0 Å². The molecule has 0 amide bonds. The molecular weight excluding hydrogens is 275 g/mol. The first kappa shape index (κ1) is 14.6. The van der Waals surface area contributed by atoms with E-state index in [2.05, 4.69) is 4.99 Å². The molecule has 108 valence electrons. The highest BCUT2D eigenvalue weighted by atomic mass is 19.1. The minimum Gasteiger partial charge on any atom is -0.507 e. The Balaban J connectivity index is 2.01. The standard InChI is InChI=1S/C15H13FN2O3/c16-13-3-1-2-11(8-13)6-7-17-10-12-9-14(18(20)21)4-5-15(12)19/h1-5,8-10,19H,6-7H2. The fourth-order valence-corrected chi connectivity index (χ4v) is 1.81. The van der Waals surface area contributed by atoms with Crippen molar-refractivity contribution in [2.45, 2.75) is 6.42 Å². The molecule has 0 aliphatic rings. The number of nitro groups is 1. The highest BCUT2D eigenvalue weighted by Crippen LogP contribution is 2.21. The lowest BCUT2D eigenvalue weighted by molar-refractivity contribution is -0.384. The predicted molar refractivity (Wildman–Crippen MR) is 77.3 cm³/mol. The number of aliphatic imine (C=N–C) groups is 1. The van der Waals surface area contributed by atoms with Crippen LogP contribution in [0.25, 0.3) is 0 Å². The Hall–Kier alpha value is -2.76. The molecule has 0 aliphatic heterocycles. The number of halogens is 1. The van der Waals surface area contributed by atoms with Crippen molar-refractivity contribution < 1.29 is 14.4 Å². The van der Waals surface area contributed by atoms with Crippen LogP contribution in [0.15, 0.2) is 47.5 Å². The molecule has 0 aromatic heterocycles. The molecular formula is C15H13FN2O3. The van der Waals surface area contributed by atoms with Crippen molar-refractivity contribution in [3.63, 3.8) is 0 Å².